The van der Waals surface area contributed by atoms with Crippen LogP contribution in [0.5, 0.6) is 0 Å². The Hall–Kier alpha value is -1.62. The van der Waals surface area contributed by atoms with Crippen molar-refractivity contribution in [1.29, 1.82) is 0 Å². The van der Waals surface area contributed by atoms with Crippen molar-refractivity contribution in [1.82, 2.24) is 9.88 Å². The largest absolute Gasteiger partial charge is 0.478 e. The number of hydrogen-bond donors (Lipinski definition) is 2. The first-order valence-electron chi connectivity index (χ1n) is 5.63. The van der Waals surface area contributed by atoms with E-state index < -0.39 is 5.97 Å². The second-order valence-electron chi connectivity index (χ2n) is 4.23. The number of nitrogens with zero attached hydrogens (tertiary/aromatic N) is 2. The van der Waals surface area contributed by atoms with E-state index in [0.717, 1.165) is 6.54 Å². The lowest BCUT2D eigenvalue weighted by Crippen LogP contribution is -2.31. The Labute approximate surface area is 101 Å². The summed E-state index contributed by atoms with van der Waals surface area (Å²) in [5.41, 5.74) is 0.823. The topological polar surface area (TPSA) is 65.5 Å². The van der Waals surface area contributed by atoms with E-state index in [2.05, 4.69) is 29.0 Å². The van der Waals surface area contributed by atoms with Crippen molar-refractivity contribution in [2.24, 2.45) is 0 Å². The molecule has 1 rings (SSSR count). The van der Waals surface area contributed by atoms with Gasteiger partial charge in [-0.15, -0.1) is 0 Å². The van der Waals surface area contributed by atoms with Crippen molar-refractivity contribution in [3.8, 4) is 0 Å². The van der Waals surface area contributed by atoms with Gasteiger partial charge in [-0.2, -0.15) is 0 Å². The van der Waals surface area contributed by atoms with E-state index in [1.165, 1.54) is 6.20 Å². The molecule has 2 N–H and O–H groups in total. The van der Waals surface area contributed by atoms with Crippen molar-refractivity contribution in [3.63, 3.8) is 0 Å². The van der Waals surface area contributed by atoms with Gasteiger partial charge in [0, 0.05) is 31.5 Å². The highest BCUT2D eigenvalue weighted by Gasteiger charge is 2.09. The molecular formula is C12H19N3O2. The lowest BCUT2D eigenvalue weighted by molar-refractivity contribution is 0.0697. The molecule has 17 heavy (non-hydrogen) atoms. The van der Waals surface area contributed by atoms with E-state index >= 15 is 0 Å². The maximum atomic E-state index is 10.9. The number of carboxylic acids is 1. The third-order valence-electron chi connectivity index (χ3n) is 2.71. The number of hydrogen-bond acceptors (Lipinski definition) is 4. The second-order valence-corrected chi connectivity index (χ2v) is 4.23. The maximum absolute atomic E-state index is 10.9. The Balaban J connectivity index is 2.55. The molecule has 94 valence electrons. The van der Waals surface area contributed by atoms with E-state index in [0.29, 0.717) is 18.3 Å². The van der Waals surface area contributed by atoms with Crippen LogP contribution in [0.3, 0.4) is 0 Å². The summed E-state index contributed by atoms with van der Waals surface area (Å²) < 4.78 is 0. The van der Waals surface area contributed by atoms with Gasteiger partial charge in [0.25, 0.3) is 0 Å². The Morgan fingerprint density at radius 3 is 2.88 bits per heavy atom. The maximum Gasteiger partial charge on any atom is 0.339 e. The van der Waals surface area contributed by atoms with E-state index in [1.807, 2.05) is 7.05 Å². The highest BCUT2D eigenvalue weighted by molar-refractivity contribution is 5.93. The van der Waals surface area contributed by atoms with Crippen molar-refractivity contribution in [2.75, 3.05) is 25.5 Å². The van der Waals surface area contributed by atoms with Gasteiger partial charge in [-0.1, -0.05) is 0 Å². The molecule has 0 aliphatic carbocycles. The molecule has 0 fully saturated rings. The quantitative estimate of drug-likeness (QED) is 0.785. The van der Waals surface area contributed by atoms with Crippen LogP contribution in [-0.4, -0.2) is 47.1 Å². The second kappa shape index (κ2) is 6.20. The molecule has 0 saturated carbocycles. The number of likely N-dealkylation sites (N-methyl/N-ethyl adjacent to an activating group) is 1. The third-order valence-corrected chi connectivity index (χ3v) is 2.71. The molecule has 0 unspecified atom stereocenters. The smallest absolute Gasteiger partial charge is 0.339 e. The molecule has 0 spiro atoms. The molecule has 0 aliphatic heterocycles. The first kappa shape index (κ1) is 13.4. The van der Waals surface area contributed by atoms with Gasteiger partial charge in [-0.05, 0) is 27.0 Å². The average molecular weight is 237 g/mol. The molecule has 0 bridgehead atoms. The van der Waals surface area contributed by atoms with Gasteiger partial charge in [0.2, 0.25) is 0 Å². The van der Waals surface area contributed by atoms with E-state index in [-0.39, 0.29) is 5.56 Å². The van der Waals surface area contributed by atoms with Gasteiger partial charge < -0.3 is 15.3 Å². The summed E-state index contributed by atoms with van der Waals surface area (Å²) >= 11 is 0. The van der Waals surface area contributed by atoms with Crippen LogP contribution in [0.2, 0.25) is 0 Å². The summed E-state index contributed by atoms with van der Waals surface area (Å²) in [5.74, 6) is -0.960. The highest BCUT2D eigenvalue weighted by atomic mass is 16.4. The van der Waals surface area contributed by atoms with E-state index in [1.54, 1.807) is 12.3 Å². The minimum atomic E-state index is -0.960. The molecule has 0 radical (unpaired) electrons. The number of pyridine rings is 1. The lowest BCUT2D eigenvalue weighted by atomic mass is 10.2. The number of rotatable bonds is 6. The van der Waals surface area contributed by atoms with Crippen molar-refractivity contribution in [2.45, 2.75) is 19.9 Å². The number of aromatic nitrogens is 1. The number of aromatic carboxylic acids is 1. The fourth-order valence-corrected chi connectivity index (χ4v) is 1.34. The summed E-state index contributed by atoms with van der Waals surface area (Å²) in [7, 11) is 2.04. The molecule has 5 heteroatoms. The molecular weight excluding hydrogens is 218 g/mol. The van der Waals surface area contributed by atoms with Gasteiger partial charge in [-0.25, -0.2) is 4.79 Å². The molecule has 1 aromatic rings. The summed E-state index contributed by atoms with van der Waals surface area (Å²) in [6.45, 7) is 5.81. The molecule has 5 nitrogen and oxygen atoms in total. The van der Waals surface area contributed by atoms with Gasteiger partial charge in [0.05, 0.1) is 5.69 Å². The van der Waals surface area contributed by atoms with Gasteiger partial charge in [0.15, 0.2) is 0 Å². The average Bonchev–Trinajstić information content (AvgIpc) is 2.29. The predicted molar refractivity (Wildman–Crippen MR) is 67.5 cm³/mol. The Bertz CT molecular complexity index is 380. The fourth-order valence-electron chi connectivity index (χ4n) is 1.34. The van der Waals surface area contributed by atoms with Crippen molar-refractivity contribution in [3.05, 3.63) is 24.0 Å². The van der Waals surface area contributed by atoms with Crippen LogP contribution in [0.4, 0.5) is 5.69 Å². The van der Waals surface area contributed by atoms with Crippen LogP contribution in [0, 0.1) is 0 Å². The van der Waals surface area contributed by atoms with E-state index in [4.69, 9.17) is 5.11 Å². The Morgan fingerprint density at radius 2 is 2.29 bits per heavy atom. The fraction of sp³-hybridized carbons (Fsp3) is 0.500. The zero-order chi connectivity index (χ0) is 12.8. The Kier molecular flexibility index (Phi) is 4.90. The SMILES string of the molecule is CC(C)N(C)CCNc1ccncc1C(=O)O. The predicted octanol–water partition coefficient (Wildman–Crippen LogP) is 1.53. The number of nitrogens with one attached hydrogen (secondary N) is 1. The van der Waals surface area contributed by atoms with Gasteiger partial charge in [-0.3, -0.25) is 4.98 Å². The number of anilines is 1. The molecule has 0 aromatic carbocycles. The molecule has 0 atom stereocenters. The summed E-state index contributed by atoms with van der Waals surface area (Å²) in [6, 6.07) is 2.16. The summed E-state index contributed by atoms with van der Waals surface area (Å²) in [4.78, 5) is 16.9. The van der Waals surface area contributed by atoms with Gasteiger partial charge in [0.1, 0.15) is 5.56 Å². The van der Waals surface area contributed by atoms with Crippen molar-refractivity contribution < 1.29 is 9.90 Å². The number of carbonyl (C=O) groups is 1. The zero-order valence-corrected chi connectivity index (χ0v) is 10.5. The summed E-state index contributed by atoms with van der Waals surface area (Å²) in [6.07, 6.45) is 2.94. The van der Waals surface area contributed by atoms with Crippen LogP contribution < -0.4 is 5.32 Å². The Morgan fingerprint density at radius 1 is 1.59 bits per heavy atom. The first-order chi connectivity index (χ1) is 8.02. The van der Waals surface area contributed by atoms with Crippen molar-refractivity contribution >= 4 is 11.7 Å². The van der Waals surface area contributed by atoms with Crippen LogP contribution in [0.25, 0.3) is 0 Å². The lowest BCUT2D eigenvalue weighted by Gasteiger charge is -2.21. The minimum Gasteiger partial charge on any atom is -0.478 e. The molecule has 1 heterocycles. The summed E-state index contributed by atoms with van der Waals surface area (Å²) in [5, 5.41) is 12.1. The standard InChI is InChI=1S/C12H19N3O2/c1-9(2)15(3)7-6-14-11-4-5-13-8-10(11)12(16)17/h4-5,8-9H,6-7H2,1-3H3,(H,13,14)(H,16,17). The molecule has 0 aliphatic rings. The number of carboxylic acid groups (broad SMARTS) is 1. The molecule has 0 saturated heterocycles. The van der Waals surface area contributed by atoms with Crippen LogP contribution in [0.15, 0.2) is 18.5 Å². The zero-order valence-electron chi connectivity index (χ0n) is 10.5. The van der Waals surface area contributed by atoms with Crippen LogP contribution >= 0.6 is 0 Å². The van der Waals surface area contributed by atoms with E-state index in [9.17, 15) is 4.79 Å². The van der Waals surface area contributed by atoms with Crippen LogP contribution in [0.1, 0.15) is 24.2 Å². The van der Waals surface area contributed by atoms with Gasteiger partial charge >= 0.3 is 5.97 Å². The first-order valence-corrected chi connectivity index (χ1v) is 5.63. The highest BCUT2D eigenvalue weighted by Crippen LogP contribution is 2.12. The monoisotopic (exact) mass is 237 g/mol. The molecule has 1 aromatic heterocycles. The third kappa shape index (κ3) is 4.03. The normalized spacial score (nSPS) is 10.9. The van der Waals surface area contributed by atoms with Crippen LogP contribution in [-0.2, 0) is 0 Å². The molecule has 0 amide bonds. The minimum absolute atomic E-state index is 0.208.